The largest absolute Gasteiger partial charge is 0.481 e. The summed E-state index contributed by atoms with van der Waals surface area (Å²) < 4.78 is 0. The number of amides is 2. The molecule has 2 amide bonds. The maximum absolute atomic E-state index is 13.0. The van der Waals surface area contributed by atoms with Crippen LogP contribution in [-0.4, -0.2) is 58.1 Å². The summed E-state index contributed by atoms with van der Waals surface area (Å²) in [4.78, 5) is 74.0. The summed E-state index contributed by atoms with van der Waals surface area (Å²) in [6.45, 7) is 14.8. The van der Waals surface area contributed by atoms with Crippen molar-refractivity contribution in [2.75, 3.05) is 6.54 Å². The first kappa shape index (κ1) is 49.2. The number of carboxylic acid groups (broad SMARTS) is 2. The maximum Gasteiger partial charge on any atom is 0.326 e. The molecular formula is C42H76N2O8. The Balaban J connectivity index is 4.39. The van der Waals surface area contributed by atoms with Crippen molar-refractivity contribution in [3.63, 3.8) is 0 Å². The van der Waals surface area contributed by atoms with Gasteiger partial charge in [0.1, 0.15) is 17.6 Å². The molecule has 10 heteroatoms. The van der Waals surface area contributed by atoms with Crippen molar-refractivity contribution in [1.82, 2.24) is 10.6 Å². The van der Waals surface area contributed by atoms with Gasteiger partial charge in [0.25, 0.3) is 0 Å². The molecule has 0 unspecified atom stereocenters. The number of rotatable bonds is 32. The van der Waals surface area contributed by atoms with E-state index in [1.807, 2.05) is 20.8 Å². The first-order valence-corrected chi connectivity index (χ1v) is 20.4. The summed E-state index contributed by atoms with van der Waals surface area (Å²) in [7, 11) is 0. The molecule has 0 spiro atoms. The Morgan fingerprint density at radius 3 is 1.56 bits per heavy atom. The van der Waals surface area contributed by atoms with Gasteiger partial charge < -0.3 is 20.8 Å². The number of nitrogens with one attached hydrogen (secondary N) is 2. The standard InChI is InChI=1S/C42H76N2O8/c1-8-9-10-11-12-13-14-15-16-17-18-19-20-24-34(45)30-32(39(49)50)25-27-37(47)44-35(40(51)52)26-28-36(46)43-29-22-21-23-33(31-41(2,3)4)38(48)42(5,6)7/h32-33,35H,8-31H2,1-7H3,(H,43,46)(H,44,47)(H,49,50)(H,51,52)/t32-,33-,35+/m0/s1. The van der Waals surface area contributed by atoms with E-state index in [0.717, 1.165) is 44.9 Å². The van der Waals surface area contributed by atoms with Gasteiger partial charge in [-0.1, -0.05) is 132 Å². The predicted octanol–water partition coefficient (Wildman–Crippen LogP) is 9.21. The Kier molecular flexibility index (Phi) is 26.3. The maximum atomic E-state index is 13.0. The molecule has 52 heavy (non-hydrogen) atoms. The third kappa shape index (κ3) is 26.9. The highest BCUT2D eigenvalue weighted by Crippen LogP contribution is 2.33. The molecule has 0 rings (SSSR count). The average molecular weight is 737 g/mol. The smallest absolute Gasteiger partial charge is 0.326 e. The zero-order chi connectivity index (χ0) is 39.6. The lowest BCUT2D eigenvalue weighted by Crippen LogP contribution is -2.42. The Morgan fingerprint density at radius 1 is 0.558 bits per heavy atom. The number of carbonyl (C=O) groups is 6. The minimum absolute atomic E-state index is 0.0260. The number of aliphatic carboxylic acids is 2. The van der Waals surface area contributed by atoms with E-state index in [1.165, 1.54) is 57.8 Å². The van der Waals surface area contributed by atoms with Gasteiger partial charge >= 0.3 is 11.9 Å². The Labute approximate surface area is 315 Å². The van der Waals surface area contributed by atoms with Crippen LogP contribution in [0.4, 0.5) is 0 Å². The first-order chi connectivity index (χ1) is 24.4. The van der Waals surface area contributed by atoms with Crippen LogP contribution in [0.25, 0.3) is 0 Å². The number of carboxylic acids is 2. The van der Waals surface area contributed by atoms with Crippen LogP contribution in [0.2, 0.25) is 0 Å². The van der Waals surface area contributed by atoms with Gasteiger partial charge in [0.15, 0.2) is 0 Å². The summed E-state index contributed by atoms with van der Waals surface area (Å²) in [5.41, 5.74) is -0.388. The number of unbranched alkanes of at least 4 members (excludes halogenated alkanes) is 13. The van der Waals surface area contributed by atoms with Crippen molar-refractivity contribution >= 4 is 35.3 Å². The molecule has 302 valence electrons. The molecule has 0 bridgehead atoms. The van der Waals surface area contributed by atoms with Crippen LogP contribution in [-0.2, 0) is 28.8 Å². The highest BCUT2D eigenvalue weighted by atomic mass is 16.4. The van der Waals surface area contributed by atoms with Crippen LogP contribution in [0.5, 0.6) is 0 Å². The van der Waals surface area contributed by atoms with Gasteiger partial charge in [-0.15, -0.1) is 0 Å². The zero-order valence-corrected chi connectivity index (χ0v) is 34.0. The lowest BCUT2D eigenvalue weighted by atomic mass is 9.74. The van der Waals surface area contributed by atoms with E-state index in [2.05, 4.69) is 38.3 Å². The van der Waals surface area contributed by atoms with Crippen LogP contribution < -0.4 is 10.6 Å². The van der Waals surface area contributed by atoms with E-state index < -0.39 is 35.2 Å². The molecule has 0 saturated heterocycles. The molecule has 0 aliphatic rings. The molecule has 0 heterocycles. The topological polar surface area (TPSA) is 167 Å². The third-order valence-corrected chi connectivity index (χ3v) is 9.67. The van der Waals surface area contributed by atoms with Gasteiger partial charge in [0.05, 0.1) is 5.92 Å². The summed E-state index contributed by atoms with van der Waals surface area (Å²) >= 11 is 0. The molecule has 0 saturated carbocycles. The normalized spacial score (nSPS) is 13.6. The fourth-order valence-corrected chi connectivity index (χ4v) is 6.64. The number of ketones is 2. The zero-order valence-electron chi connectivity index (χ0n) is 34.0. The summed E-state index contributed by atoms with van der Waals surface area (Å²) in [5.74, 6) is -4.32. The van der Waals surface area contributed by atoms with Crippen molar-refractivity contribution < 1.29 is 39.0 Å². The lowest BCUT2D eigenvalue weighted by molar-refractivity contribution is -0.145. The van der Waals surface area contributed by atoms with Crippen LogP contribution in [0.1, 0.15) is 196 Å². The quantitative estimate of drug-likeness (QED) is 0.0496. The second-order valence-electron chi connectivity index (χ2n) is 17.2. The minimum Gasteiger partial charge on any atom is -0.481 e. The number of Topliss-reactive ketones (excluding diaryl/α,β-unsaturated/α-hetero) is 2. The molecule has 0 aromatic carbocycles. The van der Waals surface area contributed by atoms with E-state index in [0.29, 0.717) is 19.4 Å². The predicted molar refractivity (Wildman–Crippen MR) is 208 cm³/mol. The second kappa shape index (κ2) is 27.8. The van der Waals surface area contributed by atoms with Gasteiger partial charge in [-0.3, -0.25) is 24.0 Å². The third-order valence-electron chi connectivity index (χ3n) is 9.67. The number of hydrogen-bond donors (Lipinski definition) is 4. The summed E-state index contributed by atoms with van der Waals surface area (Å²) in [6.07, 6.45) is 18.3. The van der Waals surface area contributed by atoms with E-state index in [1.54, 1.807) is 0 Å². The molecule has 4 N–H and O–H groups in total. The molecule has 0 aliphatic carbocycles. The van der Waals surface area contributed by atoms with Crippen molar-refractivity contribution in [3.8, 4) is 0 Å². The number of hydrogen-bond acceptors (Lipinski definition) is 6. The molecule has 0 aromatic heterocycles. The summed E-state index contributed by atoms with van der Waals surface area (Å²) in [5, 5.41) is 24.4. The van der Waals surface area contributed by atoms with Gasteiger partial charge in [-0.05, 0) is 43.9 Å². The minimum atomic E-state index is -1.29. The monoisotopic (exact) mass is 737 g/mol. The highest BCUT2D eigenvalue weighted by molar-refractivity contribution is 5.87. The van der Waals surface area contributed by atoms with E-state index >= 15 is 0 Å². The van der Waals surface area contributed by atoms with E-state index in [-0.39, 0.29) is 60.9 Å². The second-order valence-corrected chi connectivity index (χ2v) is 17.2. The molecule has 10 nitrogen and oxygen atoms in total. The van der Waals surface area contributed by atoms with E-state index in [9.17, 15) is 39.0 Å². The fourth-order valence-electron chi connectivity index (χ4n) is 6.64. The van der Waals surface area contributed by atoms with Crippen LogP contribution in [0.15, 0.2) is 0 Å². The summed E-state index contributed by atoms with van der Waals surface area (Å²) in [6, 6.07) is -1.29. The first-order valence-electron chi connectivity index (χ1n) is 20.4. The Hall–Kier alpha value is -2.78. The lowest BCUT2D eigenvalue weighted by Gasteiger charge is -2.30. The SMILES string of the molecule is CCCCCCCCCCCCCCCC(=O)C[C@H](CCC(=O)N[C@H](CCC(=O)NCCCC[C@@H](CC(C)(C)C)C(=O)C(C)(C)C)C(=O)O)C(=O)O. The van der Waals surface area contributed by atoms with Gasteiger partial charge in [-0.2, -0.15) is 0 Å². The van der Waals surface area contributed by atoms with Crippen LogP contribution in [0, 0.1) is 22.7 Å². The molecule has 3 atom stereocenters. The van der Waals surface area contributed by atoms with Gasteiger partial charge in [0.2, 0.25) is 11.8 Å². The van der Waals surface area contributed by atoms with Crippen molar-refractivity contribution in [3.05, 3.63) is 0 Å². The van der Waals surface area contributed by atoms with Gasteiger partial charge in [-0.25, -0.2) is 4.79 Å². The number of carbonyl (C=O) groups excluding carboxylic acids is 4. The molecule has 0 radical (unpaired) electrons. The van der Waals surface area contributed by atoms with Crippen molar-refractivity contribution in [1.29, 1.82) is 0 Å². The molecule has 0 aliphatic heterocycles. The van der Waals surface area contributed by atoms with Crippen LogP contribution >= 0.6 is 0 Å². The average Bonchev–Trinajstić information content (AvgIpc) is 3.04. The van der Waals surface area contributed by atoms with Crippen molar-refractivity contribution in [2.24, 2.45) is 22.7 Å². The van der Waals surface area contributed by atoms with Gasteiger partial charge in [0, 0.05) is 43.6 Å². The fraction of sp³-hybridized carbons (Fsp3) is 0.857. The molecule has 0 aromatic rings. The molecule has 0 fully saturated rings. The molecular weight excluding hydrogens is 660 g/mol. The van der Waals surface area contributed by atoms with E-state index in [4.69, 9.17) is 0 Å². The Bertz CT molecular complexity index is 1060. The highest BCUT2D eigenvalue weighted by Gasteiger charge is 2.32. The van der Waals surface area contributed by atoms with Crippen LogP contribution in [0.3, 0.4) is 0 Å². The Morgan fingerprint density at radius 2 is 1.08 bits per heavy atom. The van der Waals surface area contributed by atoms with Crippen molar-refractivity contribution in [2.45, 2.75) is 202 Å².